The van der Waals surface area contributed by atoms with Crippen molar-refractivity contribution >= 4 is 0 Å². The molecule has 4 heteroatoms. The van der Waals surface area contributed by atoms with E-state index in [4.69, 9.17) is 10.5 Å². The van der Waals surface area contributed by atoms with Crippen LogP contribution in [0.2, 0.25) is 0 Å². The summed E-state index contributed by atoms with van der Waals surface area (Å²) in [5.74, 6) is 1.89. The van der Waals surface area contributed by atoms with E-state index in [1.807, 2.05) is 37.4 Å². The van der Waals surface area contributed by atoms with Crippen LogP contribution < -0.4 is 10.5 Å². The van der Waals surface area contributed by atoms with E-state index in [-0.39, 0.29) is 6.04 Å². The number of aryl methyl sites for hydroxylation is 1. The molecule has 0 saturated carbocycles. The Morgan fingerprint density at radius 1 is 1.37 bits per heavy atom. The van der Waals surface area contributed by atoms with Crippen LogP contribution in [0.25, 0.3) is 0 Å². The second-order valence-electron chi connectivity index (χ2n) is 4.57. The Morgan fingerprint density at radius 3 is 2.84 bits per heavy atom. The maximum atomic E-state index is 6.09. The molecular formula is C15H21N3O. The summed E-state index contributed by atoms with van der Waals surface area (Å²) in [7, 11) is 0. The Kier molecular flexibility index (Phi) is 4.58. The van der Waals surface area contributed by atoms with Crippen molar-refractivity contribution in [2.45, 2.75) is 32.9 Å². The number of aromatic nitrogens is 2. The van der Waals surface area contributed by atoms with Gasteiger partial charge in [-0.3, -0.25) is 0 Å². The van der Waals surface area contributed by atoms with Gasteiger partial charge < -0.3 is 15.0 Å². The van der Waals surface area contributed by atoms with Crippen LogP contribution in [0.5, 0.6) is 5.75 Å². The number of para-hydroxylation sites is 1. The van der Waals surface area contributed by atoms with Crippen molar-refractivity contribution in [3.63, 3.8) is 0 Å². The summed E-state index contributed by atoms with van der Waals surface area (Å²) < 4.78 is 7.93. The number of nitrogens with two attached hydrogens (primary N) is 1. The average molecular weight is 259 g/mol. The molecule has 0 fully saturated rings. The number of benzene rings is 1. The molecule has 1 aromatic heterocycles. The molecule has 4 nitrogen and oxygen atoms in total. The summed E-state index contributed by atoms with van der Waals surface area (Å²) in [6.45, 7) is 5.48. The fourth-order valence-corrected chi connectivity index (χ4v) is 2.03. The highest BCUT2D eigenvalue weighted by Gasteiger charge is 2.09. The molecular weight excluding hydrogens is 238 g/mol. The van der Waals surface area contributed by atoms with E-state index in [0.717, 1.165) is 30.1 Å². The molecule has 0 saturated heterocycles. The summed E-state index contributed by atoms with van der Waals surface area (Å²) >= 11 is 0. The number of hydrogen-bond donors (Lipinski definition) is 1. The Balaban J connectivity index is 1.98. The lowest BCUT2D eigenvalue weighted by Gasteiger charge is -2.16. The van der Waals surface area contributed by atoms with Crippen molar-refractivity contribution in [3.8, 4) is 5.75 Å². The van der Waals surface area contributed by atoms with Gasteiger partial charge in [-0.2, -0.15) is 0 Å². The fourth-order valence-electron chi connectivity index (χ4n) is 2.03. The normalized spacial score (nSPS) is 12.4. The van der Waals surface area contributed by atoms with Gasteiger partial charge in [0, 0.05) is 24.0 Å². The highest BCUT2D eigenvalue weighted by atomic mass is 16.5. The molecule has 19 heavy (non-hydrogen) atoms. The molecule has 2 rings (SSSR count). The SMILES string of the molecule is CC[C@@H](N)c1ccccc1OCCn1ccnc1C. The quantitative estimate of drug-likeness (QED) is 0.867. The predicted octanol–water partition coefficient (Wildman–Crippen LogP) is 2.68. The maximum absolute atomic E-state index is 6.09. The van der Waals surface area contributed by atoms with Gasteiger partial charge in [0.05, 0.1) is 6.54 Å². The van der Waals surface area contributed by atoms with Crippen LogP contribution in [0.3, 0.4) is 0 Å². The minimum absolute atomic E-state index is 0.0335. The standard InChI is InChI=1S/C15H21N3O/c1-3-14(16)13-6-4-5-7-15(13)19-11-10-18-9-8-17-12(18)2/h4-9,14H,3,10-11,16H2,1-2H3/t14-/m1/s1. The molecule has 0 unspecified atom stereocenters. The Morgan fingerprint density at radius 2 is 2.16 bits per heavy atom. The van der Waals surface area contributed by atoms with Crippen molar-refractivity contribution in [2.75, 3.05) is 6.61 Å². The Labute approximate surface area is 114 Å². The van der Waals surface area contributed by atoms with Crippen LogP contribution in [0.4, 0.5) is 0 Å². The van der Waals surface area contributed by atoms with E-state index >= 15 is 0 Å². The van der Waals surface area contributed by atoms with Crippen LogP contribution in [0.1, 0.15) is 30.8 Å². The highest BCUT2D eigenvalue weighted by Crippen LogP contribution is 2.25. The summed E-state index contributed by atoms with van der Waals surface area (Å²) in [5, 5.41) is 0. The van der Waals surface area contributed by atoms with Gasteiger partial charge in [-0.15, -0.1) is 0 Å². The molecule has 2 aromatic rings. The van der Waals surface area contributed by atoms with Crippen LogP contribution in [-0.4, -0.2) is 16.2 Å². The summed E-state index contributed by atoms with van der Waals surface area (Å²) in [4.78, 5) is 4.19. The van der Waals surface area contributed by atoms with Gasteiger partial charge in [0.1, 0.15) is 18.2 Å². The van der Waals surface area contributed by atoms with Gasteiger partial charge >= 0.3 is 0 Å². The van der Waals surface area contributed by atoms with Crippen molar-refractivity contribution in [3.05, 3.63) is 48.0 Å². The van der Waals surface area contributed by atoms with E-state index in [0.29, 0.717) is 6.61 Å². The lowest BCUT2D eigenvalue weighted by molar-refractivity contribution is 0.292. The monoisotopic (exact) mass is 259 g/mol. The smallest absolute Gasteiger partial charge is 0.124 e. The first-order valence-electron chi connectivity index (χ1n) is 6.67. The second-order valence-corrected chi connectivity index (χ2v) is 4.57. The van der Waals surface area contributed by atoms with Gasteiger partial charge in [0.15, 0.2) is 0 Å². The molecule has 0 amide bonds. The van der Waals surface area contributed by atoms with E-state index in [1.54, 1.807) is 6.20 Å². The topological polar surface area (TPSA) is 53.1 Å². The van der Waals surface area contributed by atoms with Gasteiger partial charge in [-0.05, 0) is 19.4 Å². The van der Waals surface area contributed by atoms with Gasteiger partial charge in [0.2, 0.25) is 0 Å². The number of ether oxygens (including phenoxy) is 1. The molecule has 0 aliphatic carbocycles. The largest absolute Gasteiger partial charge is 0.491 e. The highest BCUT2D eigenvalue weighted by molar-refractivity contribution is 5.35. The molecule has 1 atom stereocenters. The van der Waals surface area contributed by atoms with Crippen molar-refractivity contribution < 1.29 is 4.74 Å². The van der Waals surface area contributed by atoms with E-state index in [1.165, 1.54) is 0 Å². The molecule has 0 spiro atoms. The molecule has 0 aliphatic heterocycles. The fraction of sp³-hybridized carbons (Fsp3) is 0.400. The first-order chi connectivity index (χ1) is 9.22. The van der Waals surface area contributed by atoms with E-state index in [9.17, 15) is 0 Å². The average Bonchev–Trinajstić information content (AvgIpc) is 2.84. The molecule has 0 radical (unpaired) electrons. The molecule has 102 valence electrons. The van der Waals surface area contributed by atoms with Crippen molar-refractivity contribution in [1.82, 2.24) is 9.55 Å². The van der Waals surface area contributed by atoms with Gasteiger partial charge in [-0.25, -0.2) is 4.98 Å². The lowest BCUT2D eigenvalue weighted by atomic mass is 10.0. The Bertz CT molecular complexity index is 522. The van der Waals surface area contributed by atoms with Crippen LogP contribution in [-0.2, 0) is 6.54 Å². The maximum Gasteiger partial charge on any atom is 0.124 e. The minimum Gasteiger partial charge on any atom is -0.491 e. The van der Waals surface area contributed by atoms with Gasteiger partial charge in [0.25, 0.3) is 0 Å². The third kappa shape index (κ3) is 3.35. The van der Waals surface area contributed by atoms with Crippen molar-refractivity contribution in [2.24, 2.45) is 5.73 Å². The van der Waals surface area contributed by atoms with E-state index in [2.05, 4.69) is 16.5 Å². The minimum atomic E-state index is 0.0335. The van der Waals surface area contributed by atoms with Crippen molar-refractivity contribution in [1.29, 1.82) is 0 Å². The first kappa shape index (κ1) is 13.6. The summed E-state index contributed by atoms with van der Waals surface area (Å²) in [6, 6.07) is 8.02. The Hall–Kier alpha value is -1.81. The first-order valence-corrected chi connectivity index (χ1v) is 6.67. The molecule has 1 aromatic carbocycles. The number of rotatable bonds is 6. The van der Waals surface area contributed by atoms with E-state index < -0.39 is 0 Å². The molecule has 2 N–H and O–H groups in total. The third-order valence-electron chi connectivity index (χ3n) is 3.27. The summed E-state index contributed by atoms with van der Waals surface area (Å²) in [6.07, 6.45) is 4.67. The third-order valence-corrected chi connectivity index (χ3v) is 3.27. The van der Waals surface area contributed by atoms with Crippen LogP contribution >= 0.6 is 0 Å². The van der Waals surface area contributed by atoms with Crippen LogP contribution in [0, 0.1) is 6.92 Å². The molecule has 0 bridgehead atoms. The zero-order chi connectivity index (χ0) is 13.7. The number of nitrogens with zero attached hydrogens (tertiary/aromatic N) is 2. The predicted molar refractivity (Wildman–Crippen MR) is 76.1 cm³/mol. The number of imidazole rings is 1. The lowest BCUT2D eigenvalue weighted by Crippen LogP contribution is -2.13. The van der Waals surface area contributed by atoms with Gasteiger partial charge in [-0.1, -0.05) is 25.1 Å². The second kappa shape index (κ2) is 6.38. The zero-order valence-electron chi connectivity index (χ0n) is 11.5. The molecule has 1 heterocycles. The number of hydrogen-bond acceptors (Lipinski definition) is 3. The molecule has 0 aliphatic rings. The summed E-state index contributed by atoms with van der Waals surface area (Å²) in [5.41, 5.74) is 7.17. The zero-order valence-corrected chi connectivity index (χ0v) is 11.5. The van der Waals surface area contributed by atoms with Crippen LogP contribution in [0.15, 0.2) is 36.7 Å².